The minimum atomic E-state index is -0.282. The SMILES string of the molecule is N#CC(C#N)=C(C#N)Nc1ccc(C(=O)NC2CCCC2)cc1. The molecular formula is C17H15N5O. The molecule has 1 amide bonds. The normalized spacial score (nSPS) is 13.3. The summed E-state index contributed by atoms with van der Waals surface area (Å²) in [4.78, 5) is 12.1. The first-order valence-electron chi connectivity index (χ1n) is 7.30. The highest BCUT2D eigenvalue weighted by Gasteiger charge is 2.17. The Kier molecular flexibility index (Phi) is 5.34. The molecule has 1 saturated carbocycles. The number of carbonyl (C=O) groups excluding carboxylic acids is 1. The summed E-state index contributed by atoms with van der Waals surface area (Å²) >= 11 is 0. The number of hydrogen-bond donors (Lipinski definition) is 2. The fourth-order valence-corrected chi connectivity index (χ4v) is 2.47. The van der Waals surface area contributed by atoms with Gasteiger partial charge in [0.05, 0.1) is 0 Å². The molecule has 0 unspecified atom stereocenters. The van der Waals surface area contributed by atoms with E-state index < -0.39 is 0 Å². The van der Waals surface area contributed by atoms with Crippen LogP contribution in [0, 0.1) is 34.0 Å². The van der Waals surface area contributed by atoms with Gasteiger partial charge in [0.2, 0.25) is 0 Å². The quantitative estimate of drug-likeness (QED) is 0.830. The highest BCUT2D eigenvalue weighted by atomic mass is 16.1. The van der Waals surface area contributed by atoms with Crippen molar-refractivity contribution in [1.82, 2.24) is 5.32 Å². The Morgan fingerprint density at radius 2 is 1.61 bits per heavy atom. The van der Waals surface area contributed by atoms with E-state index in [0.717, 1.165) is 25.7 Å². The standard InChI is InChI=1S/C17H15N5O/c18-9-13(10-19)16(11-20)21-15-7-5-12(6-8-15)17(23)22-14-3-1-2-4-14/h5-8,14,21H,1-4H2,(H,22,23). The number of amides is 1. The molecule has 0 bridgehead atoms. The summed E-state index contributed by atoms with van der Waals surface area (Å²) in [6, 6.07) is 11.9. The van der Waals surface area contributed by atoms with Crippen LogP contribution in [0.5, 0.6) is 0 Å². The van der Waals surface area contributed by atoms with E-state index in [-0.39, 0.29) is 23.2 Å². The second-order valence-electron chi connectivity index (χ2n) is 5.24. The number of hydrogen-bond acceptors (Lipinski definition) is 5. The zero-order chi connectivity index (χ0) is 16.7. The molecule has 1 fully saturated rings. The lowest BCUT2D eigenvalue weighted by molar-refractivity contribution is 0.0938. The van der Waals surface area contributed by atoms with Gasteiger partial charge in [-0.15, -0.1) is 0 Å². The maximum atomic E-state index is 12.1. The first-order valence-corrected chi connectivity index (χ1v) is 7.30. The fraction of sp³-hybridized carbons (Fsp3) is 0.294. The second kappa shape index (κ2) is 7.64. The van der Waals surface area contributed by atoms with Crippen LogP contribution in [0.15, 0.2) is 35.5 Å². The fourth-order valence-electron chi connectivity index (χ4n) is 2.47. The summed E-state index contributed by atoms with van der Waals surface area (Å²) in [7, 11) is 0. The van der Waals surface area contributed by atoms with Crippen molar-refractivity contribution in [3.63, 3.8) is 0 Å². The number of nitriles is 3. The molecule has 114 valence electrons. The molecule has 23 heavy (non-hydrogen) atoms. The molecule has 0 spiro atoms. The van der Waals surface area contributed by atoms with Crippen molar-refractivity contribution in [3.05, 3.63) is 41.1 Å². The molecule has 6 heteroatoms. The predicted octanol–water partition coefficient (Wildman–Crippen LogP) is 2.60. The van der Waals surface area contributed by atoms with Crippen molar-refractivity contribution in [2.45, 2.75) is 31.7 Å². The Bertz CT molecular complexity index is 721. The van der Waals surface area contributed by atoms with Crippen molar-refractivity contribution in [3.8, 4) is 18.2 Å². The monoisotopic (exact) mass is 305 g/mol. The van der Waals surface area contributed by atoms with Crippen LogP contribution < -0.4 is 10.6 Å². The molecule has 2 rings (SSSR count). The van der Waals surface area contributed by atoms with Gasteiger partial charge in [-0.25, -0.2) is 0 Å². The maximum Gasteiger partial charge on any atom is 0.251 e. The average Bonchev–Trinajstić information content (AvgIpc) is 3.08. The van der Waals surface area contributed by atoms with Gasteiger partial charge in [0, 0.05) is 17.3 Å². The molecule has 1 aromatic carbocycles. The van der Waals surface area contributed by atoms with Crippen LogP contribution in [0.1, 0.15) is 36.0 Å². The third kappa shape index (κ3) is 4.09. The number of nitrogens with one attached hydrogen (secondary N) is 2. The number of rotatable bonds is 4. The molecule has 0 atom stereocenters. The molecule has 2 N–H and O–H groups in total. The van der Waals surface area contributed by atoms with Gasteiger partial charge < -0.3 is 10.6 Å². The number of nitrogens with zero attached hydrogens (tertiary/aromatic N) is 3. The highest BCUT2D eigenvalue weighted by molar-refractivity contribution is 5.94. The van der Waals surface area contributed by atoms with Crippen LogP contribution in [-0.4, -0.2) is 11.9 Å². The van der Waals surface area contributed by atoms with Gasteiger partial charge in [-0.1, -0.05) is 12.8 Å². The van der Waals surface area contributed by atoms with Gasteiger partial charge in [-0.2, -0.15) is 15.8 Å². The molecule has 1 aliphatic rings. The third-order valence-corrected chi connectivity index (χ3v) is 3.69. The van der Waals surface area contributed by atoms with Crippen LogP contribution >= 0.6 is 0 Å². The molecular weight excluding hydrogens is 290 g/mol. The third-order valence-electron chi connectivity index (χ3n) is 3.69. The lowest BCUT2D eigenvalue weighted by atomic mass is 10.1. The highest BCUT2D eigenvalue weighted by Crippen LogP contribution is 2.19. The van der Waals surface area contributed by atoms with Crippen molar-refractivity contribution in [1.29, 1.82) is 15.8 Å². The van der Waals surface area contributed by atoms with E-state index in [9.17, 15) is 4.79 Å². The van der Waals surface area contributed by atoms with Crippen LogP contribution in [0.25, 0.3) is 0 Å². The van der Waals surface area contributed by atoms with E-state index >= 15 is 0 Å². The van der Waals surface area contributed by atoms with E-state index in [4.69, 9.17) is 15.8 Å². The summed E-state index contributed by atoms with van der Waals surface area (Å²) < 4.78 is 0. The molecule has 0 radical (unpaired) electrons. The molecule has 6 nitrogen and oxygen atoms in total. The predicted molar refractivity (Wildman–Crippen MR) is 83.7 cm³/mol. The lowest BCUT2D eigenvalue weighted by Gasteiger charge is -2.12. The molecule has 1 aromatic rings. The largest absolute Gasteiger partial charge is 0.349 e. The van der Waals surface area contributed by atoms with E-state index in [1.807, 2.05) is 0 Å². The zero-order valence-electron chi connectivity index (χ0n) is 12.5. The van der Waals surface area contributed by atoms with Crippen molar-refractivity contribution >= 4 is 11.6 Å². The Balaban J connectivity index is 2.06. The minimum absolute atomic E-state index is 0.113. The van der Waals surface area contributed by atoms with E-state index in [1.54, 1.807) is 42.5 Å². The lowest BCUT2D eigenvalue weighted by Crippen LogP contribution is -2.32. The van der Waals surface area contributed by atoms with Crippen molar-refractivity contribution < 1.29 is 4.79 Å². The number of carbonyl (C=O) groups is 1. The van der Waals surface area contributed by atoms with Crippen LogP contribution in [-0.2, 0) is 0 Å². The maximum absolute atomic E-state index is 12.1. The van der Waals surface area contributed by atoms with E-state index in [0.29, 0.717) is 11.3 Å². The first kappa shape index (κ1) is 16.1. The van der Waals surface area contributed by atoms with Gasteiger partial charge in [-0.05, 0) is 37.1 Å². The topological polar surface area (TPSA) is 112 Å². The van der Waals surface area contributed by atoms with Gasteiger partial charge in [0.25, 0.3) is 5.91 Å². The summed E-state index contributed by atoms with van der Waals surface area (Å²) in [6.45, 7) is 0. The van der Waals surface area contributed by atoms with Gasteiger partial charge in [0.15, 0.2) is 5.57 Å². The van der Waals surface area contributed by atoms with Gasteiger partial charge in [0.1, 0.15) is 23.9 Å². The van der Waals surface area contributed by atoms with E-state index in [2.05, 4.69) is 10.6 Å². The minimum Gasteiger partial charge on any atom is -0.349 e. The van der Waals surface area contributed by atoms with Gasteiger partial charge >= 0.3 is 0 Å². The zero-order valence-corrected chi connectivity index (χ0v) is 12.5. The molecule has 0 saturated heterocycles. The molecule has 0 aliphatic heterocycles. The Hall–Kier alpha value is -3.30. The Labute approximate surface area is 134 Å². The molecule has 1 aliphatic carbocycles. The number of benzene rings is 1. The second-order valence-corrected chi connectivity index (χ2v) is 5.24. The molecule has 0 aromatic heterocycles. The summed E-state index contributed by atoms with van der Waals surface area (Å²) in [5, 5.41) is 32.3. The number of allylic oxidation sites excluding steroid dienone is 2. The summed E-state index contributed by atoms with van der Waals surface area (Å²) in [5.74, 6) is -0.116. The summed E-state index contributed by atoms with van der Waals surface area (Å²) in [5.41, 5.74) is 0.668. The average molecular weight is 305 g/mol. The Morgan fingerprint density at radius 1 is 1.00 bits per heavy atom. The van der Waals surface area contributed by atoms with Gasteiger partial charge in [-0.3, -0.25) is 4.79 Å². The van der Waals surface area contributed by atoms with Crippen LogP contribution in [0.2, 0.25) is 0 Å². The number of anilines is 1. The Morgan fingerprint density at radius 3 is 2.13 bits per heavy atom. The first-order chi connectivity index (χ1) is 11.2. The van der Waals surface area contributed by atoms with Crippen LogP contribution in [0.4, 0.5) is 5.69 Å². The van der Waals surface area contributed by atoms with Crippen LogP contribution in [0.3, 0.4) is 0 Å². The smallest absolute Gasteiger partial charge is 0.251 e. The van der Waals surface area contributed by atoms with Crippen molar-refractivity contribution in [2.75, 3.05) is 5.32 Å². The van der Waals surface area contributed by atoms with E-state index in [1.165, 1.54) is 0 Å². The summed E-state index contributed by atoms with van der Waals surface area (Å²) in [6.07, 6.45) is 4.34. The van der Waals surface area contributed by atoms with Crippen molar-refractivity contribution in [2.24, 2.45) is 0 Å². The molecule has 0 heterocycles.